The zero-order valence-electron chi connectivity index (χ0n) is 71.8. The van der Waals surface area contributed by atoms with Crippen LogP contribution in [0.25, 0.3) is 132 Å². The van der Waals surface area contributed by atoms with E-state index in [0.29, 0.717) is 11.1 Å². The summed E-state index contributed by atoms with van der Waals surface area (Å²) >= 11 is 0. The molecular weight excluding hydrogens is 1420 g/mol. The van der Waals surface area contributed by atoms with Gasteiger partial charge in [-0.2, -0.15) is 0 Å². The smallest absolute Gasteiger partial charge is 0.206 e. The number of benzene rings is 12. The normalized spacial score (nSPS) is 11.6. The van der Waals surface area contributed by atoms with Crippen molar-refractivity contribution in [3.05, 3.63) is 361 Å². The van der Waals surface area contributed by atoms with Gasteiger partial charge in [0.15, 0.2) is 31.0 Å². The van der Waals surface area contributed by atoms with Gasteiger partial charge in [-0.25, -0.2) is 31.6 Å². The van der Waals surface area contributed by atoms with Gasteiger partial charge in [0.25, 0.3) is 0 Å². The third kappa shape index (κ3) is 16.1. The predicted octanol–water partition coefficient (Wildman–Crippen LogP) is 25.2. The Hall–Kier alpha value is -12.2. The molecule has 0 amide bonds. The highest BCUT2D eigenvalue weighted by Gasteiger charge is 2.27. The van der Waals surface area contributed by atoms with E-state index in [9.17, 15) is 8.78 Å². The Morgan fingerprint density at radius 3 is 1.05 bits per heavy atom. The second-order valence-electron chi connectivity index (χ2n) is 33.1. The van der Waals surface area contributed by atoms with Gasteiger partial charge in [0.05, 0.1) is 43.6 Å². The number of pyridine rings is 5. The van der Waals surface area contributed by atoms with Crippen molar-refractivity contribution in [2.75, 3.05) is 0 Å². The molecule has 116 heavy (non-hydrogen) atoms. The summed E-state index contributed by atoms with van der Waals surface area (Å²) in [5.41, 5.74) is 35.8. The van der Waals surface area contributed by atoms with Gasteiger partial charge < -0.3 is 0 Å². The van der Waals surface area contributed by atoms with E-state index >= 15 is 0 Å². The molecule has 12 aromatic carbocycles. The van der Waals surface area contributed by atoms with Crippen molar-refractivity contribution in [3.8, 4) is 67.4 Å². The molecule has 18 rings (SSSR count). The fourth-order valence-electron chi connectivity index (χ4n) is 17.7. The quantitative estimate of drug-likeness (QED) is 0.148. The lowest BCUT2D eigenvalue weighted by Gasteiger charge is -2.13. The highest BCUT2D eigenvalue weighted by atomic mass is 19.1. The maximum Gasteiger partial charge on any atom is 0.223 e. The Morgan fingerprint density at radius 2 is 0.603 bits per heavy atom. The van der Waals surface area contributed by atoms with Crippen molar-refractivity contribution >= 4 is 64.6 Å². The fourth-order valence-corrected chi connectivity index (χ4v) is 17.7. The van der Waals surface area contributed by atoms with E-state index in [2.05, 4.69) is 340 Å². The van der Waals surface area contributed by atoms with E-state index in [1.165, 1.54) is 174 Å². The minimum absolute atomic E-state index is 0.0972. The van der Waals surface area contributed by atoms with Gasteiger partial charge in [-0.15, -0.1) is 0 Å². The van der Waals surface area contributed by atoms with Crippen LogP contribution < -0.4 is 22.8 Å². The molecule has 0 fully saturated rings. The number of halogens is 2. The maximum atomic E-state index is 14.9. The molecule has 0 atom stereocenters. The first-order valence-corrected chi connectivity index (χ1v) is 40.8. The molecule has 5 heterocycles. The lowest BCUT2D eigenvalue weighted by Crippen LogP contribution is -2.31. The van der Waals surface area contributed by atoms with Gasteiger partial charge in [-0.05, 0) is 306 Å². The van der Waals surface area contributed by atoms with Crippen molar-refractivity contribution in [2.24, 2.45) is 35.2 Å². The average molecular weight is 1530 g/mol. The van der Waals surface area contributed by atoms with Crippen LogP contribution in [0.1, 0.15) is 107 Å². The number of nitrogens with zero attached hydrogens (tertiary/aromatic N) is 5. The third-order valence-corrected chi connectivity index (χ3v) is 24.2. The second kappa shape index (κ2) is 33.3. The van der Waals surface area contributed by atoms with Crippen LogP contribution in [-0.2, 0) is 48.1 Å². The van der Waals surface area contributed by atoms with Crippen LogP contribution in [0.2, 0.25) is 0 Å². The Kier molecular flexibility index (Phi) is 23.1. The van der Waals surface area contributed by atoms with Gasteiger partial charge in [-0.3, -0.25) is 0 Å². The van der Waals surface area contributed by atoms with Crippen LogP contribution in [0.4, 0.5) is 8.78 Å². The first-order valence-electron chi connectivity index (χ1n) is 40.8. The predicted molar refractivity (Wildman–Crippen MR) is 483 cm³/mol. The van der Waals surface area contributed by atoms with Crippen LogP contribution in [0.15, 0.2) is 249 Å². The highest BCUT2D eigenvalue weighted by Crippen LogP contribution is 2.40. The Bertz CT molecular complexity index is 6730. The fraction of sp³-hybridized carbons (Fsp3) is 0.220. The summed E-state index contributed by atoms with van der Waals surface area (Å²) in [5.74, 6) is -0.216. The summed E-state index contributed by atoms with van der Waals surface area (Å²) in [5, 5.41) is 15.1. The third-order valence-electron chi connectivity index (χ3n) is 24.2. The zero-order valence-corrected chi connectivity index (χ0v) is 71.8. The largest absolute Gasteiger partial charge is 0.223 e. The second-order valence-corrected chi connectivity index (χ2v) is 33.1. The highest BCUT2D eigenvalue weighted by molar-refractivity contribution is 6.00. The standard InChI is InChI=1S/C26H26N.C22H20N.C21H22N.2C20H21FN/c1-17-9-11-24-21(15-17)13-14-27(5)26(24)23-12-10-22(16-20(23)4)25-18(2)7-6-8-19(25)3;1-15-8-9-20-19(12-15)10-11-23(3)22(20)21-14-18-7-5-4-6-17(18)13-16(21)2;1-14-7-8-19-18(11-14)9-10-22(3)21(19)20-13-17-6-4-5-16(17)12-15(20)2;1-12-6-7-17-16(10-12)8-9-22(5)20(17)18-11-13(2)19(21)15(4)14(18)3;1-12-6-7-17-16(10-12)8-9-22(5)20(17)18-15(4)13(2)11-14(3)19(18)21/h6-16H,1-5H3;4-14H,1-3H3;7-13H,4-6H2,1-3H3;2*6-11H,1-5H3/q5*+1. The summed E-state index contributed by atoms with van der Waals surface area (Å²) in [6.45, 7) is 33.3. The number of hydrogen-bond acceptors (Lipinski definition) is 0. The van der Waals surface area contributed by atoms with Crippen molar-refractivity contribution < 1.29 is 31.6 Å². The maximum absolute atomic E-state index is 14.9. The molecule has 0 bridgehead atoms. The van der Waals surface area contributed by atoms with Crippen LogP contribution in [0.3, 0.4) is 0 Å². The molecule has 580 valence electrons. The number of aromatic nitrogens is 5. The van der Waals surface area contributed by atoms with Crippen molar-refractivity contribution in [2.45, 2.75) is 130 Å². The number of hydrogen-bond donors (Lipinski definition) is 0. The van der Waals surface area contributed by atoms with Crippen molar-refractivity contribution in [1.82, 2.24) is 0 Å². The molecule has 7 heteroatoms. The van der Waals surface area contributed by atoms with E-state index in [1.807, 2.05) is 78.5 Å². The van der Waals surface area contributed by atoms with E-state index in [1.54, 1.807) is 11.1 Å². The van der Waals surface area contributed by atoms with Crippen LogP contribution in [0.5, 0.6) is 0 Å². The molecule has 0 spiro atoms. The molecule has 0 saturated carbocycles. The lowest BCUT2D eigenvalue weighted by molar-refractivity contribution is -0.659. The molecule has 5 nitrogen and oxygen atoms in total. The van der Waals surface area contributed by atoms with E-state index in [0.717, 1.165) is 55.5 Å². The van der Waals surface area contributed by atoms with E-state index in [-0.39, 0.29) is 11.6 Å². The Morgan fingerprint density at radius 1 is 0.233 bits per heavy atom. The van der Waals surface area contributed by atoms with Crippen LogP contribution in [0, 0.1) is 122 Å². The molecule has 1 aliphatic rings. The molecule has 5 aromatic heterocycles. The Labute approximate surface area is 685 Å². The molecule has 0 N–H and O–H groups in total. The van der Waals surface area contributed by atoms with Gasteiger partial charge in [-0.1, -0.05) is 161 Å². The summed E-state index contributed by atoms with van der Waals surface area (Å²) < 4.78 is 39.9. The van der Waals surface area contributed by atoms with E-state index < -0.39 is 0 Å². The molecule has 17 aromatic rings. The summed E-state index contributed by atoms with van der Waals surface area (Å²) in [6, 6.07) is 79.1. The number of fused-ring (bicyclic) bond motifs is 7. The topological polar surface area (TPSA) is 19.4 Å². The minimum Gasteiger partial charge on any atom is -0.206 e. The monoisotopic (exact) mass is 1530 g/mol. The first-order chi connectivity index (χ1) is 55.5. The SMILES string of the molecule is Cc1ccc2c(-c3c(C)c(C)cc(C)c3F)[n+](C)ccc2c1.Cc1ccc2c(-c3cc(C)c(F)c(C)c3C)[n+](C)ccc2c1.Cc1ccc2c(-c3cc4c(cc3C)CCC4)[n+](C)ccc2c1.Cc1ccc2c(-c3cc4ccccc4cc3C)[n+](C)ccc2c1.Cc1ccc2c(-c3ccc(-c4c(C)cccc4C)cc3C)[n+](C)ccc2c1. The minimum atomic E-state index is -0.119. The first kappa shape index (κ1) is 80.4. The number of aryl methyl sites for hydroxylation is 20. The molecule has 0 radical (unpaired) electrons. The van der Waals surface area contributed by atoms with E-state index in [4.69, 9.17) is 0 Å². The molecule has 0 aliphatic heterocycles. The van der Waals surface area contributed by atoms with Gasteiger partial charge in [0.2, 0.25) is 28.5 Å². The average Bonchev–Trinajstić information content (AvgIpc) is 1.02. The molecular formula is C109H110F2N5+5. The molecule has 1 aliphatic carbocycles. The van der Waals surface area contributed by atoms with Gasteiger partial charge >= 0.3 is 0 Å². The number of rotatable bonds is 6. The summed E-state index contributed by atoms with van der Waals surface area (Å²) in [7, 11) is 10.4. The van der Waals surface area contributed by atoms with Gasteiger partial charge in [0.1, 0.15) is 46.9 Å². The van der Waals surface area contributed by atoms with Crippen LogP contribution in [-0.4, -0.2) is 0 Å². The lowest BCUT2D eigenvalue weighted by atomic mass is 9.91. The van der Waals surface area contributed by atoms with Crippen molar-refractivity contribution in [3.63, 3.8) is 0 Å². The molecule has 0 unspecified atom stereocenters. The van der Waals surface area contributed by atoms with Crippen molar-refractivity contribution in [1.29, 1.82) is 0 Å². The summed E-state index contributed by atoms with van der Waals surface area (Å²) in [6.07, 6.45) is 14.4. The van der Waals surface area contributed by atoms with Crippen LogP contribution >= 0.6 is 0 Å². The summed E-state index contributed by atoms with van der Waals surface area (Å²) in [4.78, 5) is 0. The van der Waals surface area contributed by atoms with Gasteiger partial charge in [0, 0.05) is 41.5 Å². The Balaban J connectivity index is 0.000000120. The zero-order chi connectivity index (χ0) is 82.4. The molecule has 0 saturated heterocycles.